The van der Waals surface area contributed by atoms with Crippen LogP contribution >= 0.6 is 0 Å². The van der Waals surface area contributed by atoms with Crippen LogP contribution < -0.4 is 5.32 Å². The summed E-state index contributed by atoms with van der Waals surface area (Å²) in [4.78, 5) is 14.5. The maximum atomic E-state index is 12.9. The van der Waals surface area contributed by atoms with Gasteiger partial charge in [-0.05, 0) is 24.3 Å². The molecule has 0 atom stereocenters. The predicted octanol–water partition coefficient (Wildman–Crippen LogP) is 2.65. The van der Waals surface area contributed by atoms with Crippen LogP contribution in [0, 0.1) is 0 Å². The van der Waals surface area contributed by atoms with E-state index >= 15 is 0 Å². The van der Waals surface area contributed by atoms with Gasteiger partial charge in [0.15, 0.2) is 0 Å². The number of para-hydroxylation sites is 1. The zero-order valence-electron chi connectivity index (χ0n) is 17.6. The number of sulfonamides is 1. The van der Waals surface area contributed by atoms with Crippen molar-refractivity contribution >= 4 is 21.8 Å². The van der Waals surface area contributed by atoms with E-state index in [1.165, 1.54) is 0 Å². The van der Waals surface area contributed by atoms with Crippen molar-refractivity contribution in [3.05, 3.63) is 96.3 Å². The molecule has 9 heteroatoms. The Morgan fingerprint density at radius 3 is 2.48 bits per heavy atom. The number of amides is 1. The lowest BCUT2D eigenvalue weighted by Crippen LogP contribution is -2.38. The summed E-state index contributed by atoms with van der Waals surface area (Å²) in [5, 5.41) is 7.72. The van der Waals surface area contributed by atoms with Gasteiger partial charge in [-0.1, -0.05) is 48.5 Å². The van der Waals surface area contributed by atoms with E-state index in [2.05, 4.69) is 9.71 Å². The molecule has 2 aromatic carbocycles. The first-order chi connectivity index (χ1) is 16.0. The lowest BCUT2D eigenvalue weighted by Gasteiger charge is -2.26. The molecule has 1 aromatic heterocycles. The summed E-state index contributed by atoms with van der Waals surface area (Å²) in [5.74, 6) is -0.00650. The molecule has 166 valence electrons. The van der Waals surface area contributed by atoms with Gasteiger partial charge in [0.05, 0.1) is 22.7 Å². The van der Waals surface area contributed by atoms with Gasteiger partial charge in [0.2, 0.25) is 0 Å². The summed E-state index contributed by atoms with van der Waals surface area (Å²) >= 11 is 0. The average Bonchev–Trinajstić information content (AvgIpc) is 3.27. The Morgan fingerprint density at radius 2 is 1.73 bits per heavy atom. The zero-order valence-corrected chi connectivity index (χ0v) is 18.4. The molecule has 2 aliphatic heterocycles. The summed E-state index contributed by atoms with van der Waals surface area (Å²) in [6.07, 6.45) is 6.68. The molecule has 0 saturated heterocycles. The number of benzene rings is 2. The molecule has 0 saturated carbocycles. The molecule has 8 nitrogen and oxygen atoms in total. The maximum Gasteiger partial charge on any atom is 0.256 e. The predicted molar refractivity (Wildman–Crippen MR) is 126 cm³/mol. The van der Waals surface area contributed by atoms with Crippen LogP contribution in [0.15, 0.2) is 95.2 Å². The van der Waals surface area contributed by atoms with Gasteiger partial charge in [0.25, 0.3) is 15.9 Å². The number of hydrogen-bond donors (Lipinski definition) is 1. The molecule has 0 radical (unpaired) electrons. The summed E-state index contributed by atoms with van der Waals surface area (Å²) in [5.41, 5.74) is 4.00. The summed E-state index contributed by atoms with van der Waals surface area (Å²) < 4.78 is 28.9. The van der Waals surface area contributed by atoms with E-state index in [0.29, 0.717) is 11.4 Å². The first-order valence-corrected chi connectivity index (χ1v) is 12.1. The summed E-state index contributed by atoms with van der Waals surface area (Å²) in [7, 11) is -3.43. The van der Waals surface area contributed by atoms with Crippen molar-refractivity contribution in [2.45, 2.75) is 6.54 Å². The monoisotopic (exact) mass is 459 g/mol. The third-order valence-corrected chi connectivity index (χ3v) is 6.55. The summed E-state index contributed by atoms with van der Waals surface area (Å²) in [6, 6.07) is 19.6. The smallest absolute Gasteiger partial charge is 0.256 e. The second-order valence-electron chi connectivity index (χ2n) is 7.68. The molecule has 2 aliphatic rings. The molecule has 1 N–H and O–H groups in total. The van der Waals surface area contributed by atoms with Crippen LogP contribution in [0.4, 0.5) is 0 Å². The largest absolute Gasteiger partial charge is 0.348 e. The van der Waals surface area contributed by atoms with Gasteiger partial charge in [0.1, 0.15) is 5.84 Å². The number of amidine groups is 1. The van der Waals surface area contributed by atoms with Crippen LogP contribution in [-0.4, -0.2) is 47.1 Å². The third-order valence-electron chi connectivity index (χ3n) is 5.38. The summed E-state index contributed by atoms with van der Waals surface area (Å²) in [6.45, 7) is 0.556. The number of rotatable bonds is 5. The fourth-order valence-electron chi connectivity index (χ4n) is 3.70. The number of aromatic nitrogens is 2. The van der Waals surface area contributed by atoms with Crippen LogP contribution in [-0.2, 0) is 21.4 Å². The van der Waals surface area contributed by atoms with E-state index in [1.807, 2.05) is 66.9 Å². The standard InChI is InChI=1S/C24H21N5O3S/c30-24(19-11-12-22-27-33(31,32)14-13-28(22)16-19)25-15-20-17-29(21-9-5-2-6-10-21)26-23(20)18-7-3-1-4-8-18/h1-12,16-17H,13-15H2,(H,25,30). The lowest BCUT2D eigenvalue weighted by atomic mass is 10.1. The number of carbonyl (C=O) groups is 1. The van der Waals surface area contributed by atoms with Crippen molar-refractivity contribution in [2.24, 2.45) is 4.40 Å². The Balaban J connectivity index is 1.37. The Labute approximate surface area is 191 Å². The van der Waals surface area contributed by atoms with E-state index in [4.69, 9.17) is 5.10 Å². The maximum absolute atomic E-state index is 12.9. The van der Waals surface area contributed by atoms with Crippen molar-refractivity contribution in [1.29, 1.82) is 0 Å². The molecule has 5 rings (SSSR count). The van der Waals surface area contributed by atoms with Crippen LogP contribution in [0.25, 0.3) is 16.9 Å². The number of nitrogens with one attached hydrogen (secondary N) is 1. The van der Waals surface area contributed by atoms with Gasteiger partial charge in [-0.2, -0.15) is 5.10 Å². The van der Waals surface area contributed by atoms with Crippen molar-refractivity contribution in [1.82, 2.24) is 20.0 Å². The molecule has 3 heterocycles. The average molecular weight is 460 g/mol. The third kappa shape index (κ3) is 4.49. The van der Waals surface area contributed by atoms with Crippen LogP contribution in [0.1, 0.15) is 5.56 Å². The Morgan fingerprint density at radius 1 is 1.00 bits per heavy atom. The molecule has 1 amide bonds. The van der Waals surface area contributed by atoms with Crippen molar-refractivity contribution in [3.8, 4) is 16.9 Å². The second kappa shape index (κ2) is 8.51. The van der Waals surface area contributed by atoms with Gasteiger partial charge in [-0.3, -0.25) is 4.79 Å². The van der Waals surface area contributed by atoms with Crippen LogP contribution in [0.2, 0.25) is 0 Å². The van der Waals surface area contributed by atoms with Gasteiger partial charge < -0.3 is 10.2 Å². The second-order valence-corrected chi connectivity index (χ2v) is 9.43. The Kier molecular flexibility index (Phi) is 5.39. The van der Waals surface area contributed by atoms with Crippen LogP contribution in [0.5, 0.6) is 0 Å². The van der Waals surface area contributed by atoms with E-state index < -0.39 is 10.0 Å². The first-order valence-electron chi connectivity index (χ1n) is 10.5. The Hall–Kier alpha value is -3.98. The molecule has 3 aromatic rings. The molecule has 33 heavy (non-hydrogen) atoms. The highest BCUT2D eigenvalue weighted by Gasteiger charge is 2.25. The van der Waals surface area contributed by atoms with E-state index in [0.717, 1.165) is 22.5 Å². The molecular weight excluding hydrogens is 438 g/mol. The quantitative estimate of drug-likeness (QED) is 0.633. The van der Waals surface area contributed by atoms with Gasteiger partial charge >= 0.3 is 0 Å². The minimum Gasteiger partial charge on any atom is -0.348 e. The number of nitrogens with zero attached hydrogens (tertiary/aromatic N) is 4. The fourth-order valence-corrected chi connectivity index (χ4v) is 4.67. The molecule has 0 aliphatic carbocycles. The zero-order chi connectivity index (χ0) is 22.8. The van der Waals surface area contributed by atoms with Gasteiger partial charge in [-0.15, -0.1) is 4.40 Å². The highest BCUT2D eigenvalue weighted by atomic mass is 32.2. The van der Waals surface area contributed by atoms with Crippen molar-refractivity contribution < 1.29 is 13.2 Å². The van der Waals surface area contributed by atoms with Gasteiger partial charge in [0, 0.05) is 36.6 Å². The molecular formula is C24H21N5O3S. The topological polar surface area (TPSA) is 96.7 Å². The minimum absolute atomic E-state index is 0.0746. The fraction of sp³-hybridized carbons (Fsp3) is 0.125. The number of carbonyl (C=O) groups excluding carboxylic acids is 1. The first kappa shape index (κ1) is 20.9. The SMILES string of the molecule is O=C(NCc1cn(-c2ccccc2)nc1-c1ccccc1)C1=CN2CCS(=O)(=O)N=C2C=C1. The minimum atomic E-state index is -3.43. The molecule has 0 bridgehead atoms. The van der Waals surface area contributed by atoms with E-state index in [-0.39, 0.29) is 24.7 Å². The molecule has 0 unspecified atom stereocenters. The molecule has 0 spiro atoms. The van der Waals surface area contributed by atoms with Gasteiger partial charge in [-0.25, -0.2) is 13.1 Å². The van der Waals surface area contributed by atoms with Crippen molar-refractivity contribution in [2.75, 3.05) is 12.3 Å². The number of hydrogen-bond acceptors (Lipinski definition) is 5. The molecule has 0 fully saturated rings. The lowest BCUT2D eigenvalue weighted by molar-refractivity contribution is -0.117. The highest BCUT2D eigenvalue weighted by Crippen LogP contribution is 2.24. The Bertz CT molecular complexity index is 1390. The van der Waals surface area contributed by atoms with Crippen molar-refractivity contribution in [3.63, 3.8) is 0 Å². The van der Waals surface area contributed by atoms with E-state index in [9.17, 15) is 13.2 Å². The highest BCUT2D eigenvalue weighted by molar-refractivity contribution is 7.90. The van der Waals surface area contributed by atoms with E-state index in [1.54, 1.807) is 27.9 Å². The van der Waals surface area contributed by atoms with Crippen LogP contribution in [0.3, 0.4) is 0 Å². The normalized spacial score (nSPS) is 16.5. The number of fused-ring (bicyclic) bond motifs is 1.